The summed E-state index contributed by atoms with van der Waals surface area (Å²) < 4.78 is 7.32. The fourth-order valence-corrected chi connectivity index (χ4v) is 4.39. The molecular formula is C21H28N4O2. The highest BCUT2D eigenvalue weighted by Crippen LogP contribution is 2.34. The lowest BCUT2D eigenvalue weighted by molar-refractivity contribution is -0.0361. The third-order valence-electron chi connectivity index (χ3n) is 5.94. The molecule has 1 N–H and O–H groups in total. The normalized spacial score (nSPS) is 20.3. The van der Waals surface area contributed by atoms with Gasteiger partial charge in [0, 0.05) is 43.1 Å². The summed E-state index contributed by atoms with van der Waals surface area (Å²) in [6, 6.07) is 9.49. The molecule has 4 rings (SSSR count). The Morgan fingerprint density at radius 2 is 1.85 bits per heavy atom. The van der Waals surface area contributed by atoms with Crippen LogP contribution in [0.1, 0.15) is 42.5 Å². The molecule has 1 saturated heterocycles. The number of nitrogens with zero attached hydrogens (tertiary/aromatic N) is 3. The van der Waals surface area contributed by atoms with Crippen LogP contribution >= 0.6 is 0 Å². The fourth-order valence-electron chi connectivity index (χ4n) is 4.39. The van der Waals surface area contributed by atoms with Crippen molar-refractivity contribution in [2.45, 2.75) is 37.6 Å². The lowest BCUT2D eigenvalue weighted by atomic mass is 9.79. The topological polar surface area (TPSA) is 59.4 Å². The minimum Gasteiger partial charge on any atom is -0.379 e. The standard InChI is InChI=1S/C21H28N4O2/c26-20(18-5-7-19(8-6-18)25-12-4-11-23-25)22-17-21(9-2-1-3-10-21)24-13-15-27-16-14-24/h4-8,11-12H,1-3,9-10,13-17H2,(H,22,26). The largest absolute Gasteiger partial charge is 0.379 e. The van der Waals surface area contributed by atoms with E-state index in [1.165, 1.54) is 19.3 Å². The van der Waals surface area contributed by atoms with Crippen LogP contribution in [0.2, 0.25) is 0 Å². The number of ether oxygens (including phenoxy) is 1. The van der Waals surface area contributed by atoms with Crippen LogP contribution in [0.3, 0.4) is 0 Å². The van der Waals surface area contributed by atoms with Gasteiger partial charge in [0.1, 0.15) is 0 Å². The fraction of sp³-hybridized carbons (Fsp3) is 0.524. The Kier molecular flexibility index (Phi) is 5.55. The number of rotatable bonds is 5. The van der Waals surface area contributed by atoms with Crippen LogP contribution in [0.5, 0.6) is 0 Å². The van der Waals surface area contributed by atoms with E-state index in [1.807, 2.05) is 36.5 Å². The van der Waals surface area contributed by atoms with Crippen LogP contribution < -0.4 is 5.32 Å². The van der Waals surface area contributed by atoms with Gasteiger partial charge in [0.15, 0.2) is 0 Å². The van der Waals surface area contributed by atoms with Crippen LogP contribution in [0.15, 0.2) is 42.7 Å². The van der Waals surface area contributed by atoms with Crippen molar-refractivity contribution >= 4 is 5.91 Å². The van der Waals surface area contributed by atoms with Crippen molar-refractivity contribution in [3.8, 4) is 5.69 Å². The number of nitrogens with one attached hydrogen (secondary N) is 1. The molecule has 0 radical (unpaired) electrons. The maximum atomic E-state index is 12.7. The van der Waals surface area contributed by atoms with Gasteiger partial charge in [0.25, 0.3) is 5.91 Å². The Morgan fingerprint density at radius 1 is 1.11 bits per heavy atom. The van der Waals surface area contributed by atoms with Gasteiger partial charge in [0.05, 0.1) is 18.9 Å². The lowest BCUT2D eigenvalue weighted by Gasteiger charge is -2.48. The van der Waals surface area contributed by atoms with Crippen molar-refractivity contribution in [2.24, 2.45) is 0 Å². The number of amides is 1. The van der Waals surface area contributed by atoms with Gasteiger partial charge in [0.2, 0.25) is 0 Å². The van der Waals surface area contributed by atoms with Crippen LogP contribution in [-0.4, -0.2) is 59.0 Å². The molecule has 1 aromatic carbocycles. The first-order valence-corrected chi connectivity index (χ1v) is 9.98. The number of carbonyl (C=O) groups excluding carboxylic acids is 1. The summed E-state index contributed by atoms with van der Waals surface area (Å²) in [5, 5.41) is 7.44. The summed E-state index contributed by atoms with van der Waals surface area (Å²) in [5.41, 5.74) is 1.74. The first-order valence-electron chi connectivity index (χ1n) is 9.98. The van der Waals surface area contributed by atoms with Crippen molar-refractivity contribution in [3.63, 3.8) is 0 Å². The van der Waals surface area contributed by atoms with Crippen molar-refractivity contribution in [2.75, 3.05) is 32.8 Å². The first kappa shape index (κ1) is 18.2. The molecule has 2 heterocycles. The smallest absolute Gasteiger partial charge is 0.251 e. The Hall–Kier alpha value is -2.18. The SMILES string of the molecule is O=C(NCC1(N2CCOCC2)CCCCC1)c1ccc(-n2cccn2)cc1. The second-order valence-corrected chi connectivity index (χ2v) is 7.56. The van der Waals surface area contributed by atoms with Gasteiger partial charge in [-0.1, -0.05) is 19.3 Å². The Balaban J connectivity index is 1.41. The van der Waals surface area contributed by atoms with Crippen LogP contribution in [0, 0.1) is 0 Å². The molecule has 6 nitrogen and oxygen atoms in total. The molecule has 1 aromatic heterocycles. The van der Waals surface area contributed by atoms with E-state index in [9.17, 15) is 4.79 Å². The molecule has 1 aliphatic heterocycles. The van der Waals surface area contributed by atoms with Gasteiger partial charge in [-0.05, 0) is 43.2 Å². The molecule has 27 heavy (non-hydrogen) atoms. The Bertz CT molecular complexity index is 730. The van der Waals surface area contributed by atoms with Crippen LogP contribution in [0.4, 0.5) is 0 Å². The summed E-state index contributed by atoms with van der Waals surface area (Å²) >= 11 is 0. The second kappa shape index (κ2) is 8.23. The van der Waals surface area contributed by atoms with Crippen molar-refractivity contribution < 1.29 is 9.53 Å². The predicted octanol–water partition coefficient (Wildman–Crippen LogP) is 2.64. The van der Waals surface area contributed by atoms with E-state index in [2.05, 4.69) is 15.3 Å². The molecule has 1 aliphatic carbocycles. The van der Waals surface area contributed by atoms with Crippen molar-refractivity contribution in [3.05, 3.63) is 48.3 Å². The summed E-state index contributed by atoms with van der Waals surface area (Å²) in [4.78, 5) is 15.3. The molecule has 2 aliphatic rings. The van der Waals surface area contributed by atoms with E-state index in [-0.39, 0.29) is 11.4 Å². The molecule has 144 valence electrons. The quantitative estimate of drug-likeness (QED) is 0.881. The monoisotopic (exact) mass is 368 g/mol. The van der Waals surface area contributed by atoms with E-state index in [0.717, 1.165) is 44.8 Å². The third kappa shape index (κ3) is 4.06. The molecule has 1 saturated carbocycles. The van der Waals surface area contributed by atoms with Gasteiger partial charge in [-0.2, -0.15) is 5.10 Å². The number of hydrogen-bond acceptors (Lipinski definition) is 4. The first-order chi connectivity index (χ1) is 13.3. The Morgan fingerprint density at radius 3 is 2.52 bits per heavy atom. The van der Waals surface area contributed by atoms with Gasteiger partial charge < -0.3 is 10.1 Å². The van der Waals surface area contributed by atoms with Gasteiger partial charge in [-0.3, -0.25) is 9.69 Å². The minimum atomic E-state index is 0.000207. The molecule has 0 bridgehead atoms. The lowest BCUT2D eigenvalue weighted by Crippen LogP contribution is -2.59. The highest BCUT2D eigenvalue weighted by Gasteiger charge is 2.38. The molecule has 0 spiro atoms. The highest BCUT2D eigenvalue weighted by molar-refractivity contribution is 5.94. The van der Waals surface area contributed by atoms with Gasteiger partial charge in [-0.15, -0.1) is 0 Å². The number of benzene rings is 1. The molecule has 0 atom stereocenters. The van der Waals surface area contributed by atoms with E-state index < -0.39 is 0 Å². The average molecular weight is 368 g/mol. The molecule has 6 heteroatoms. The summed E-state index contributed by atoms with van der Waals surface area (Å²) in [6.45, 7) is 4.24. The molecule has 0 unspecified atom stereocenters. The second-order valence-electron chi connectivity index (χ2n) is 7.56. The minimum absolute atomic E-state index is 0.000207. The summed E-state index contributed by atoms with van der Waals surface area (Å²) in [7, 11) is 0. The summed E-state index contributed by atoms with van der Waals surface area (Å²) in [6.07, 6.45) is 9.74. The van der Waals surface area contributed by atoms with E-state index in [1.54, 1.807) is 10.9 Å². The van der Waals surface area contributed by atoms with Crippen molar-refractivity contribution in [1.29, 1.82) is 0 Å². The van der Waals surface area contributed by atoms with Crippen LogP contribution in [0.25, 0.3) is 5.69 Å². The molecular weight excluding hydrogens is 340 g/mol. The number of morpholine rings is 1. The van der Waals surface area contributed by atoms with Crippen LogP contribution in [-0.2, 0) is 4.74 Å². The van der Waals surface area contributed by atoms with E-state index >= 15 is 0 Å². The zero-order valence-electron chi connectivity index (χ0n) is 15.8. The number of aromatic nitrogens is 2. The Labute approximate surface area is 160 Å². The van der Waals surface area contributed by atoms with Crippen molar-refractivity contribution in [1.82, 2.24) is 20.0 Å². The molecule has 2 aromatic rings. The predicted molar refractivity (Wildman–Crippen MR) is 104 cm³/mol. The zero-order chi connectivity index (χ0) is 18.5. The maximum absolute atomic E-state index is 12.7. The van der Waals surface area contributed by atoms with E-state index in [0.29, 0.717) is 12.1 Å². The summed E-state index contributed by atoms with van der Waals surface area (Å²) in [5.74, 6) is 0.000207. The molecule has 2 fully saturated rings. The maximum Gasteiger partial charge on any atom is 0.251 e. The van der Waals surface area contributed by atoms with Gasteiger partial charge in [-0.25, -0.2) is 4.68 Å². The molecule has 1 amide bonds. The zero-order valence-corrected chi connectivity index (χ0v) is 15.8. The van der Waals surface area contributed by atoms with Gasteiger partial charge >= 0.3 is 0 Å². The van der Waals surface area contributed by atoms with E-state index in [4.69, 9.17) is 4.74 Å². The highest BCUT2D eigenvalue weighted by atomic mass is 16.5. The third-order valence-corrected chi connectivity index (χ3v) is 5.94. The average Bonchev–Trinajstić information content (AvgIpc) is 3.28. The number of carbonyl (C=O) groups is 1. The number of hydrogen-bond donors (Lipinski definition) is 1.